The summed E-state index contributed by atoms with van der Waals surface area (Å²) in [5.74, 6) is -0.630. The number of hydrogen-bond acceptors (Lipinski definition) is 5. The van der Waals surface area contributed by atoms with Crippen LogP contribution in [0.4, 0.5) is 5.69 Å². The molecule has 0 fully saturated rings. The molecule has 0 amide bonds. The van der Waals surface area contributed by atoms with E-state index < -0.39 is 10.9 Å². The lowest BCUT2D eigenvalue weighted by molar-refractivity contribution is -0.384. The van der Waals surface area contributed by atoms with Crippen LogP contribution in [0.25, 0.3) is 6.08 Å². The number of rotatable bonds is 3. The Labute approximate surface area is 146 Å². The van der Waals surface area contributed by atoms with E-state index >= 15 is 0 Å². The second kappa shape index (κ2) is 6.43. The SMILES string of the molecule is O=C1OC(c2ccc([N+](=O)[O-])cc2Cl)=N/C1=C\c1ccc(Cl)cc1. The quantitative estimate of drug-likeness (QED) is 0.353. The zero-order valence-electron chi connectivity index (χ0n) is 11.9. The van der Waals surface area contributed by atoms with Crippen molar-refractivity contribution in [3.63, 3.8) is 0 Å². The lowest BCUT2D eigenvalue weighted by Gasteiger charge is -2.02. The Morgan fingerprint density at radius 2 is 1.83 bits per heavy atom. The van der Waals surface area contributed by atoms with Gasteiger partial charge >= 0.3 is 5.97 Å². The standard InChI is InChI=1S/C16H8Cl2N2O4/c17-10-3-1-9(2-4-10)7-14-16(21)24-15(19-14)12-6-5-11(20(22)23)8-13(12)18/h1-8H/b14-7-. The van der Waals surface area contributed by atoms with E-state index in [1.54, 1.807) is 30.3 Å². The molecule has 0 aromatic heterocycles. The molecule has 0 bridgehead atoms. The molecule has 8 heteroatoms. The van der Waals surface area contributed by atoms with Gasteiger partial charge in [-0.1, -0.05) is 35.3 Å². The van der Waals surface area contributed by atoms with Crippen LogP contribution in [0.15, 0.2) is 53.2 Å². The summed E-state index contributed by atoms with van der Waals surface area (Å²) in [6.45, 7) is 0. The molecule has 0 saturated carbocycles. The van der Waals surface area contributed by atoms with Crippen LogP contribution in [-0.2, 0) is 9.53 Å². The van der Waals surface area contributed by atoms with E-state index in [0.29, 0.717) is 10.6 Å². The molecule has 3 rings (SSSR count). The molecule has 0 N–H and O–H groups in total. The van der Waals surface area contributed by atoms with Gasteiger partial charge in [-0.25, -0.2) is 9.79 Å². The Morgan fingerprint density at radius 1 is 1.12 bits per heavy atom. The van der Waals surface area contributed by atoms with Crippen molar-refractivity contribution in [1.29, 1.82) is 0 Å². The molecular weight excluding hydrogens is 355 g/mol. The number of carbonyl (C=O) groups excluding carboxylic acids is 1. The maximum Gasteiger partial charge on any atom is 0.363 e. The second-order valence-electron chi connectivity index (χ2n) is 4.81. The van der Waals surface area contributed by atoms with Gasteiger partial charge in [-0.3, -0.25) is 10.1 Å². The summed E-state index contributed by atoms with van der Waals surface area (Å²) >= 11 is 11.8. The molecule has 0 atom stereocenters. The number of cyclic esters (lactones) is 1. The highest BCUT2D eigenvalue weighted by molar-refractivity contribution is 6.34. The lowest BCUT2D eigenvalue weighted by atomic mass is 10.2. The number of non-ortho nitro benzene ring substituents is 1. The lowest BCUT2D eigenvalue weighted by Crippen LogP contribution is -2.06. The Hall–Kier alpha value is -2.70. The number of benzene rings is 2. The van der Waals surface area contributed by atoms with Crippen molar-refractivity contribution in [3.05, 3.63) is 79.4 Å². The van der Waals surface area contributed by atoms with Gasteiger partial charge in [0.1, 0.15) is 0 Å². The summed E-state index contributed by atoms with van der Waals surface area (Å²) in [5.41, 5.74) is 0.966. The predicted octanol–water partition coefficient (Wildman–Crippen LogP) is 4.25. The van der Waals surface area contributed by atoms with Gasteiger partial charge in [0, 0.05) is 17.2 Å². The number of ether oxygens (including phenoxy) is 1. The summed E-state index contributed by atoms with van der Waals surface area (Å²) in [6.07, 6.45) is 1.55. The third-order valence-corrected chi connectivity index (χ3v) is 3.75. The van der Waals surface area contributed by atoms with E-state index in [1.807, 2.05) is 0 Å². The third kappa shape index (κ3) is 3.29. The summed E-state index contributed by atoms with van der Waals surface area (Å²) in [4.78, 5) is 26.2. The number of nitro benzene ring substituents is 1. The van der Waals surface area contributed by atoms with Crippen LogP contribution < -0.4 is 0 Å². The van der Waals surface area contributed by atoms with E-state index in [4.69, 9.17) is 27.9 Å². The summed E-state index contributed by atoms with van der Waals surface area (Å²) in [7, 11) is 0. The Bertz CT molecular complexity index is 905. The van der Waals surface area contributed by atoms with Crippen molar-refractivity contribution in [3.8, 4) is 0 Å². The molecule has 1 aliphatic rings. The van der Waals surface area contributed by atoms with Crippen molar-refractivity contribution in [1.82, 2.24) is 0 Å². The summed E-state index contributed by atoms with van der Waals surface area (Å²) in [6, 6.07) is 10.7. The number of carbonyl (C=O) groups is 1. The fraction of sp³-hybridized carbons (Fsp3) is 0. The minimum atomic E-state index is -0.630. The minimum absolute atomic E-state index is 0.000103. The molecule has 2 aromatic carbocycles. The average Bonchev–Trinajstić information content (AvgIpc) is 2.90. The van der Waals surface area contributed by atoms with Gasteiger partial charge in [0.15, 0.2) is 5.70 Å². The zero-order chi connectivity index (χ0) is 17.3. The molecule has 0 saturated heterocycles. The van der Waals surface area contributed by atoms with Crippen LogP contribution in [0.5, 0.6) is 0 Å². The number of nitrogens with zero attached hydrogens (tertiary/aromatic N) is 2. The fourth-order valence-corrected chi connectivity index (χ4v) is 2.41. The average molecular weight is 363 g/mol. The Balaban J connectivity index is 1.94. The van der Waals surface area contributed by atoms with Crippen molar-refractivity contribution in [2.45, 2.75) is 0 Å². The maximum atomic E-state index is 11.9. The van der Waals surface area contributed by atoms with Gasteiger partial charge in [0.05, 0.1) is 15.5 Å². The number of halogens is 2. The smallest absolute Gasteiger partial charge is 0.363 e. The number of aliphatic imine (C=N–C) groups is 1. The van der Waals surface area contributed by atoms with E-state index in [1.165, 1.54) is 18.2 Å². The van der Waals surface area contributed by atoms with Crippen molar-refractivity contribution in [2.24, 2.45) is 4.99 Å². The zero-order valence-corrected chi connectivity index (χ0v) is 13.4. The monoisotopic (exact) mass is 362 g/mol. The molecule has 0 unspecified atom stereocenters. The molecule has 0 radical (unpaired) electrons. The molecule has 0 spiro atoms. The summed E-state index contributed by atoms with van der Waals surface area (Å²) < 4.78 is 5.10. The van der Waals surface area contributed by atoms with Crippen LogP contribution >= 0.6 is 23.2 Å². The first-order valence-electron chi connectivity index (χ1n) is 6.66. The van der Waals surface area contributed by atoms with E-state index in [-0.39, 0.29) is 22.3 Å². The molecule has 2 aromatic rings. The van der Waals surface area contributed by atoms with Gasteiger partial charge in [0.25, 0.3) is 5.69 Å². The highest BCUT2D eigenvalue weighted by atomic mass is 35.5. The molecule has 6 nitrogen and oxygen atoms in total. The molecule has 120 valence electrons. The van der Waals surface area contributed by atoms with Crippen LogP contribution in [0.1, 0.15) is 11.1 Å². The van der Waals surface area contributed by atoms with Crippen LogP contribution in [-0.4, -0.2) is 16.8 Å². The van der Waals surface area contributed by atoms with Crippen molar-refractivity contribution in [2.75, 3.05) is 0 Å². The first kappa shape index (κ1) is 16.2. The minimum Gasteiger partial charge on any atom is -0.402 e. The van der Waals surface area contributed by atoms with Crippen molar-refractivity contribution < 1.29 is 14.5 Å². The van der Waals surface area contributed by atoms with E-state index in [2.05, 4.69) is 4.99 Å². The van der Waals surface area contributed by atoms with Gasteiger partial charge < -0.3 is 4.74 Å². The molecular formula is C16H8Cl2N2O4. The number of esters is 1. The highest BCUT2D eigenvalue weighted by Crippen LogP contribution is 2.27. The topological polar surface area (TPSA) is 81.8 Å². The second-order valence-corrected chi connectivity index (χ2v) is 5.65. The van der Waals surface area contributed by atoms with Crippen LogP contribution in [0, 0.1) is 10.1 Å². The van der Waals surface area contributed by atoms with Gasteiger partial charge in [0.2, 0.25) is 5.90 Å². The largest absolute Gasteiger partial charge is 0.402 e. The van der Waals surface area contributed by atoms with E-state index in [0.717, 1.165) is 5.56 Å². The van der Waals surface area contributed by atoms with Gasteiger partial charge in [-0.05, 0) is 29.8 Å². The first-order valence-corrected chi connectivity index (χ1v) is 7.42. The van der Waals surface area contributed by atoms with Crippen molar-refractivity contribution >= 4 is 46.8 Å². The number of hydrogen-bond donors (Lipinski definition) is 0. The van der Waals surface area contributed by atoms with Crippen LogP contribution in [0.2, 0.25) is 10.0 Å². The Kier molecular flexibility index (Phi) is 4.33. The van der Waals surface area contributed by atoms with Gasteiger partial charge in [-0.2, -0.15) is 0 Å². The normalized spacial score (nSPS) is 15.3. The fourth-order valence-electron chi connectivity index (χ4n) is 2.03. The number of nitro groups is 1. The third-order valence-electron chi connectivity index (χ3n) is 3.19. The molecule has 24 heavy (non-hydrogen) atoms. The Morgan fingerprint density at radius 3 is 2.46 bits per heavy atom. The predicted molar refractivity (Wildman–Crippen MR) is 90.2 cm³/mol. The van der Waals surface area contributed by atoms with E-state index in [9.17, 15) is 14.9 Å². The first-order chi connectivity index (χ1) is 11.4. The highest BCUT2D eigenvalue weighted by Gasteiger charge is 2.26. The maximum absolute atomic E-state index is 11.9. The summed E-state index contributed by atoms with van der Waals surface area (Å²) in [5, 5.41) is 11.4. The molecule has 1 aliphatic heterocycles. The molecule has 1 heterocycles. The van der Waals surface area contributed by atoms with Gasteiger partial charge in [-0.15, -0.1) is 0 Å². The molecule has 0 aliphatic carbocycles. The van der Waals surface area contributed by atoms with Crippen LogP contribution in [0.3, 0.4) is 0 Å².